The van der Waals surface area contributed by atoms with Crippen LogP contribution in [0.3, 0.4) is 0 Å². The molecule has 0 unspecified atom stereocenters. The van der Waals surface area contributed by atoms with E-state index in [1.807, 2.05) is 49.4 Å². The molecule has 1 amide bonds. The highest BCUT2D eigenvalue weighted by Gasteiger charge is 2.21. The second-order valence-corrected chi connectivity index (χ2v) is 9.88. The van der Waals surface area contributed by atoms with Gasteiger partial charge in [0.15, 0.2) is 0 Å². The smallest absolute Gasteiger partial charge is 0.291 e. The largest absolute Gasteiger partial charge is 0.489 e. The summed E-state index contributed by atoms with van der Waals surface area (Å²) in [5.74, 6) is 0.228. The van der Waals surface area contributed by atoms with Crippen LogP contribution in [0.4, 0.5) is 10.8 Å². The zero-order chi connectivity index (χ0) is 23.3. The number of amides is 1. The molecule has 4 rings (SSSR count). The van der Waals surface area contributed by atoms with E-state index in [4.69, 9.17) is 4.74 Å². The number of aryl methyl sites for hydroxylation is 1. The molecule has 0 saturated carbocycles. The van der Waals surface area contributed by atoms with Crippen LogP contribution in [0.25, 0.3) is 0 Å². The van der Waals surface area contributed by atoms with E-state index < -0.39 is 10.0 Å². The van der Waals surface area contributed by atoms with Crippen LogP contribution in [-0.4, -0.2) is 24.5 Å². The van der Waals surface area contributed by atoms with Crippen molar-refractivity contribution in [2.24, 2.45) is 0 Å². The Labute approximate surface area is 195 Å². The fraction of sp³-hybridized carbons (Fsp3) is 0.0870. The quantitative estimate of drug-likeness (QED) is 0.360. The standard InChI is InChI=1S/C23H20N4O4S2/c1-16-7-5-6-10-20(16)21(28)24-22-25-26-23(32-22)33(29,30)27-18-11-13-19(14-12-18)31-15-17-8-3-2-4-9-17/h2-14,27H,15H2,1H3,(H,24,25,28). The highest BCUT2D eigenvalue weighted by Crippen LogP contribution is 2.24. The van der Waals surface area contributed by atoms with Crippen molar-refractivity contribution in [1.29, 1.82) is 0 Å². The SMILES string of the molecule is Cc1ccccc1C(=O)Nc1nnc(S(=O)(=O)Nc2ccc(OCc3ccccc3)cc2)s1. The second kappa shape index (κ2) is 9.80. The summed E-state index contributed by atoms with van der Waals surface area (Å²) in [4.78, 5) is 12.4. The van der Waals surface area contributed by atoms with Gasteiger partial charge in [-0.2, -0.15) is 8.42 Å². The molecule has 8 nitrogen and oxygen atoms in total. The van der Waals surface area contributed by atoms with Gasteiger partial charge in [-0.1, -0.05) is 59.9 Å². The Hall–Kier alpha value is -3.76. The first-order valence-corrected chi connectivity index (χ1v) is 12.2. The third-order valence-corrected chi connectivity index (χ3v) is 7.19. The Kier molecular flexibility index (Phi) is 6.66. The van der Waals surface area contributed by atoms with Crippen molar-refractivity contribution < 1.29 is 17.9 Å². The van der Waals surface area contributed by atoms with Crippen LogP contribution in [0.1, 0.15) is 21.5 Å². The molecule has 0 fully saturated rings. The van der Waals surface area contributed by atoms with Crippen LogP contribution in [0.5, 0.6) is 5.75 Å². The van der Waals surface area contributed by atoms with Gasteiger partial charge < -0.3 is 4.74 Å². The van der Waals surface area contributed by atoms with E-state index in [9.17, 15) is 13.2 Å². The number of carbonyl (C=O) groups is 1. The zero-order valence-electron chi connectivity index (χ0n) is 17.6. The molecule has 0 radical (unpaired) electrons. The van der Waals surface area contributed by atoms with Crippen molar-refractivity contribution in [1.82, 2.24) is 10.2 Å². The highest BCUT2D eigenvalue weighted by atomic mass is 32.2. The topological polar surface area (TPSA) is 110 Å². The van der Waals surface area contributed by atoms with Gasteiger partial charge in [-0.3, -0.25) is 14.8 Å². The lowest BCUT2D eigenvalue weighted by atomic mass is 10.1. The number of anilines is 2. The Balaban J connectivity index is 1.38. The molecule has 0 aliphatic rings. The zero-order valence-corrected chi connectivity index (χ0v) is 19.2. The monoisotopic (exact) mass is 480 g/mol. The molecule has 10 heteroatoms. The van der Waals surface area contributed by atoms with E-state index in [0.29, 0.717) is 23.6 Å². The molecule has 3 aromatic carbocycles. The van der Waals surface area contributed by atoms with Gasteiger partial charge in [0.1, 0.15) is 12.4 Å². The molecular weight excluding hydrogens is 460 g/mol. The summed E-state index contributed by atoms with van der Waals surface area (Å²) in [6, 6.07) is 23.3. The summed E-state index contributed by atoms with van der Waals surface area (Å²) in [7, 11) is -3.97. The predicted octanol–water partition coefficient (Wildman–Crippen LogP) is 4.48. The number of aromatic nitrogens is 2. The molecule has 168 valence electrons. The van der Waals surface area contributed by atoms with Gasteiger partial charge in [0.05, 0.1) is 0 Å². The normalized spacial score (nSPS) is 11.1. The molecule has 2 N–H and O–H groups in total. The average Bonchev–Trinajstić information content (AvgIpc) is 3.29. The lowest BCUT2D eigenvalue weighted by molar-refractivity contribution is 0.102. The lowest BCUT2D eigenvalue weighted by Gasteiger charge is -2.08. The molecule has 0 spiro atoms. The summed E-state index contributed by atoms with van der Waals surface area (Å²) >= 11 is 0.767. The molecule has 0 bridgehead atoms. The Morgan fingerprint density at radius 3 is 2.36 bits per heavy atom. The fourth-order valence-electron chi connectivity index (χ4n) is 2.92. The van der Waals surface area contributed by atoms with Crippen LogP contribution in [0, 0.1) is 6.92 Å². The molecule has 0 atom stereocenters. The van der Waals surface area contributed by atoms with Crippen LogP contribution >= 0.6 is 11.3 Å². The minimum atomic E-state index is -3.97. The van der Waals surface area contributed by atoms with Gasteiger partial charge >= 0.3 is 0 Å². The van der Waals surface area contributed by atoms with E-state index in [1.165, 1.54) is 0 Å². The maximum absolute atomic E-state index is 12.7. The minimum Gasteiger partial charge on any atom is -0.489 e. The first-order valence-electron chi connectivity index (χ1n) is 9.91. The van der Waals surface area contributed by atoms with Crippen LogP contribution in [0.2, 0.25) is 0 Å². The van der Waals surface area contributed by atoms with Crippen molar-refractivity contribution in [3.63, 3.8) is 0 Å². The number of nitrogens with zero attached hydrogens (tertiary/aromatic N) is 2. The van der Waals surface area contributed by atoms with E-state index in [-0.39, 0.29) is 15.4 Å². The Bertz CT molecular complexity index is 1350. The Morgan fingerprint density at radius 2 is 1.64 bits per heavy atom. The molecular formula is C23H20N4O4S2. The highest BCUT2D eigenvalue weighted by molar-refractivity contribution is 7.94. The molecule has 1 aromatic heterocycles. The second-order valence-electron chi connectivity index (χ2n) is 7.05. The summed E-state index contributed by atoms with van der Waals surface area (Å²) in [5, 5.41) is 10.2. The van der Waals surface area contributed by atoms with E-state index >= 15 is 0 Å². The summed E-state index contributed by atoms with van der Waals surface area (Å²) in [5.41, 5.74) is 2.65. The van der Waals surface area contributed by atoms with Crippen LogP contribution < -0.4 is 14.8 Å². The van der Waals surface area contributed by atoms with Crippen molar-refractivity contribution in [3.8, 4) is 5.75 Å². The van der Waals surface area contributed by atoms with Gasteiger partial charge in [0.25, 0.3) is 20.3 Å². The van der Waals surface area contributed by atoms with E-state index in [2.05, 4.69) is 20.2 Å². The van der Waals surface area contributed by atoms with Crippen molar-refractivity contribution in [3.05, 3.63) is 95.6 Å². The number of carbonyl (C=O) groups excluding carboxylic acids is 1. The van der Waals surface area contributed by atoms with Gasteiger partial charge in [0, 0.05) is 11.3 Å². The third-order valence-electron chi connectivity index (χ3n) is 4.60. The van der Waals surface area contributed by atoms with E-state index in [0.717, 1.165) is 22.5 Å². The first-order chi connectivity index (χ1) is 15.9. The van der Waals surface area contributed by atoms with Crippen molar-refractivity contribution in [2.75, 3.05) is 10.0 Å². The summed E-state index contributed by atoms with van der Waals surface area (Å²) < 4.78 is 33.3. The molecule has 0 aliphatic carbocycles. The summed E-state index contributed by atoms with van der Waals surface area (Å²) in [6.07, 6.45) is 0. The average molecular weight is 481 g/mol. The number of sulfonamides is 1. The predicted molar refractivity (Wildman–Crippen MR) is 127 cm³/mol. The molecule has 0 aliphatic heterocycles. The fourth-order valence-corrected chi connectivity index (χ4v) is 4.87. The third kappa shape index (κ3) is 5.73. The van der Waals surface area contributed by atoms with Gasteiger partial charge in [-0.25, -0.2) is 0 Å². The van der Waals surface area contributed by atoms with E-state index in [1.54, 1.807) is 36.4 Å². The number of nitrogens with one attached hydrogen (secondary N) is 2. The number of benzene rings is 3. The van der Waals surface area contributed by atoms with Gasteiger partial charge in [-0.15, -0.1) is 10.2 Å². The summed E-state index contributed by atoms with van der Waals surface area (Å²) in [6.45, 7) is 2.22. The molecule has 0 saturated heterocycles. The number of rotatable bonds is 8. The minimum absolute atomic E-state index is 0.0910. The maximum atomic E-state index is 12.7. The van der Waals surface area contributed by atoms with Crippen LogP contribution in [0.15, 0.2) is 83.2 Å². The van der Waals surface area contributed by atoms with Gasteiger partial charge in [-0.05, 0) is 48.4 Å². The number of hydrogen-bond acceptors (Lipinski definition) is 7. The van der Waals surface area contributed by atoms with Crippen molar-refractivity contribution in [2.45, 2.75) is 17.9 Å². The van der Waals surface area contributed by atoms with Gasteiger partial charge in [0.2, 0.25) is 5.13 Å². The first kappa shape index (κ1) is 22.4. The maximum Gasteiger partial charge on any atom is 0.291 e. The lowest BCUT2D eigenvalue weighted by Crippen LogP contribution is -2.13. The van der Waals surface area contributed by atoms with Crippen molar-refractivity contribution >= 4 is 38.1 Å². The number of hydrogen-bond donors (Lipinski definition) is 2. The molecule has 4 aromatic rings. The molecule has 33 heavy (non-hydrogen) atoms. The van der Waals surface area contributed by atoms with Crippen LogP contribution in [-0.2, 0) is 16.6 Å². The number of ether oxygens (including phenoxy) is 1. The molecule has 1 heterocycles. The Morgan fingerprint density at radius 1 is 0.939 bits per heavy atom.